The minimum Gasteiger partial charge on any atom is -0.504 e. The second kappa shape index (κ2) is 6.60. The fraction of sp³-hybridized carbons (Fsp3) is 0.133. The molecule has 20 heavy (non-hydrogen) atoms. The predicted molar refractivity (Wildman–Crippen MR) is 85.0 cm³/mol. The van der Waals surface area contributed by atoms with Crippen LogP contribution >= 0.6 is 22.6 Å². The number of hydrogen-bond donors (Lipinski definition) is 3. The minimum absolute atomic E-state index is 0.121. The number of phenolic OH excluding ortho intramolecular Hbond substituents is 2. The zero-order valence-corrected chi connectivity index (χ0v) is 12.8. The van der Waals surface area contributed by atoms with Crippen LogP contribution in [0.25, 0.3) is 0 Å². The van der Waals surface area contributed by atoms with Gasteiger partial charge in [-0.15, -0.1) is 0 Å². The Bertz CT molecular complexity index is 611. The lowest BCUT2D eigenvalue weighted by Gasteiger charge is -2.06. The number of phenols is 2. The van der Waals surface area contributed by atoms with Crippen molar-refractivity contribution in [1.29, 1.82) is 0 Å². The maximum Gasteiger partial charge on any atom is 0.251 e. The van der Waals surface area contributed by atoms with Crippen molar-refractivity contribution in [3.8, 4) is 11.5 Å². The number of amides is 1. The number of nitrogens with one attached hydrogen (secondary N) is 1. The number of halogens is 1. The Labute approximate surface area is 130 Å². The molecule has 0 aliphatic carbocycles. The normalized spacial score (nSPS) is 10.2. The maximum absolute atomic E-state index is 11.9. The van der Waals surface area contributed by atoms with Crippen molar-refractivity contribution < 1.29 is 15.0 Å². The van der Waals surface area contributed by atoms with E-state index >= 15 is 0 Å². The van der Waals surface area contributed by atoms with Gasteiger partial charge in [0.1, 0.15) is 0 Å². The fourth-order valence-corrected chi connectivity index (χ4v) is 2.11. The third-order valence-electron chi connectivity index (χ3n) is 2.85. The highest BCUT2D eigenvalue weighted by molar-refractivity contribution is 14.1. The lowest BCUT2D eigenvalue weighted by atomic mass is 10.1. The Hall–Kier alpha value is -1.76. The first-order valence-corrected chi connectivity index (χ1v) is 7.19. The van der Waals surface area contributed by atoms with Crippen LogP contribution in [0.3, 0.4) is 0 Å². The fourth-order valence-electron chi connectivity index (χ4n) is 1.75. The van der Waals surface area contributed by atoms with Gasteiger partial charge in [0.15, 0.2) is 11.5 Å². The highest BCUT2D eigenvalue weighted by Gasteiger charge is 2.05. The molecule has 0 saturated heterocycles. The average Bonchev–Trinajstić information content (AvgIpc) is 2.43. The van der Waals surface area contributed by atoms with Crippen LogP contribution < -0.4 is 5.32 Å². The van der Waals surface area contributed by atoms with Gasteiger partial charge in [-0.3, -0.25) is 4.79 Å². The monoisotopic (exact) mass is 383 g/mol. The van der Waals surface area contributed by atoms with Crippen molar-refractivity contribution in [1.82, 2.24) is 5.32 Å². The Morgan fingerprint density at radius 2 is 1.75 bits per heavy atom. The van der Waals surface area contributed by atoms with Crippen LogP contribution in [-0.4, -0.2) is 22.7 Å². The molecule has 0 radical (unpaired) electrons. The Morgan fingerprint density at radius 1 is 1.05 bits per heavy atom. The molecule has 2 aromatic carbocycles. The molecule has 3 N–H and O–H groups in total. The van der Waals surface area contributed by atoms with Crippen molar-refractivity contribution in [2.75, 3.05) is 6.54 Å². The Kier molecular flexibility index (Phi) is 4.84. The highest BCUT2D eigenvalue weighted by atomic mass is 127. The van der Waals surface area contributed by atoms with Crippen LogP contribution in [0.15, 0.2) is 42.5 Å². The van der Waals surface area contributed by atoms with Crippen LogP contribution in [0.1, 0.15) is 15.9 Å². The summed E-state index contributed by atoms with van der Waals surface area (Å²) in [4.78, 5) is 11.9. The van der Waals surface area contributed by atoms with E-state index in [9.17, 15) is 15.0 Å². The molecule has 0 unspecified atom stereocenters. The summed E-state index contributed by atoms with van der Waals surface area (Å²) in [6.45, 7) is 0.467. The van der Waals surface area contributed by atoms with Gasteiger partial charge in [-0.2, -0.15) is 0 Å². The molecule has 0 heterocycles. The Balaban J connectivity index is 1.87. The Morgan fingerprint density at radius 3 is 2.40 bits per heavy atom. The topological polar surface area (TPSA) is 69.6 Å². The van der Waals surface area contributed by atoms with E-state index in [1.165, 1.54) is 12.1 Å². The van der Waals surface area contributed by atoms with Gasteiger partial charge in [-0.1, -0.05) is 6.07 Å². The van der Waals surface area contributed by atoms with E-state index in [0.717, 1.165) is 9.13 Å². The second-order valence-corrected chi connectivity index (χ2v) is 5.58. The van der Waals surface area contributed by atoms with E-state index in [2.05, 4.69) is 27.9 Å². The van der Waals surface area contributed by atoms with Gasteiger partial charge in [0.2, 0.25) is 0 Å². The maximum atomic E-state index is 11.9. The van der Waals surface area contributed by atoms with Gasteiger partial charge in [-0.05, 0) is 71.0 Å². The average molecular weight is 383 g/mol. The van der Waals surface area contributed by atoms with Crippen LogP contribution in [-0.2, 0) is 6.42 Å². The molecule has 2 aromatic rings. The molecule has 0 bridgehead atoms. The van der Waals surface area contributed by atoms with Crippen LogP contribution in [0.4, 0.5) is 0 Å². The molecule has 1 amide bonds. The first-order chi connectivity index (χ1) is 9.56. The number of carbonyl (C=O) groups excluding carboxylic acids is 1. The number of rotatable bonds is 4. The molecular formula is C15H14INO3. The van der Waals surface area contributed by atoms with Crippen molar-refractivity contribution in [3.63, 3.8) is 0 Å². The summed E-state index contributed by atoms with van der Waals surface area (Å²) in [6, 6.07) is 12.0. The van der Waals surface area contributed by atoms with E-state index in [-0.39, 0.29) is 17.4 Å². The van der Waals surface area contributed by atoms with E-state index in [4.69, 9.17) is 0 Å². The first kappa shape index (κ1) is 14.6. The minimum atomic E-state index is -0.147. The van der Waals surface area contributed by atoms with Crippen LogP contribution in [0, 0.1) is 3.57 Å². The predicted octanol–water partition coefficient (Wildman–Crippen LogP) is 2.67. The van der Waals surface area contributed by atoms with Crippen LogP contribution in [0.2, 0.25) is 0 Å². The van der Waals surface area contributed by atoms with E-state index in [1.54, 1.807) is 18.2 Å². The van der Waals surface area contributed by atoms with Gasteiger partial charge in [0, 0.05) is 15.7 Å². The molecule has 5 heteroatoms. The summed E-state index contributed by atoms with van der Waals surface area (Å²) in [6.07, 6.45) is 0.587. The summed E-state index contributed by atoms with van der Waals surface area (Å²) in [5.41, 5.74) is 1.47. The van der Waals surface area contributed by atoms with Crippen molar-refractivity contribution in [3.05, 3.63) is 57.2 Å². The molecule has 104 valence electrons. The number of carbonyl (C=O) groups is 1. The third-order valence-corrected chi connectivity index (χ3v) is 3.56. The molecule has 0 aliphatic rings. The molecule has 0 spiro atoms. The zero-order valence-electron chi connectivity index (χ0n) is 10.6. The number of benzene rings is 2. The van der Waals surface area contributed by atoms with E-state index in [1.807, 2.05) is 12.1 Å². The molecule has 4 nitrogen and oxygen atoms in total. The summed E-state index contributed by atoms with van der Waals surface area (Å²) in [5, 5.41) is 21.4. The third kappa shape index (κ3) is 3.86. The molecule has 2 rings (SSSR count). The molecule has 0 aliphatic heterocycles. The molecule has 0 fully saturated rings. The van der Waals surface area contributed by atoms with Gasteiger partial charge < -0.3 is 15.5 Å². The van der Waals surface area contributed by atoms with Crippen molar-refractivity contribution in [2.24, 2.45) is 0 Å². The first-order valence-electron chi connectivity index (χ1n) is 6.11. The van der Waals surface area contributed by atoms with E-state index < -0.39 is 0 Å². The van der Waals surface area contributed by atoms with E-state index in [0.29, 0.717) is 18.5 Å². The largest absolute Gasteiger partial charge is 0.504 e. The molecule has 0 atom stereocenters. The van der Waals surface area contributed by atoms with Gasteiger partial charge in [0.05, 0.1) is 0 Å². The standard InChI is InChI=1S/C15H14INO3/c16-12-4-2-11(3-5-12)15(20)17-8-7-10-1-6-13(18)14(19)9-10/h1-6,9,18-19H,7-8H2,(H,17,20). The summed E-state index contributed by atoms with van der Waals surface area (Å²) >= 11 is 2.19. The summed E-state index contributed by atoms with van der Waals surface area (Å²) < 4.78 is 1.08. The highest BCUT2D eigenvalue weighted by Crippen LogP contribution is 2.24. The molecule has 0 aromatic heterocycles. The van der Waals surface area contributed by atoms with Gasteiger partial charge >= 0.3 is 0 Å². The second-order valence-electron chi connectivity index (χ2n) is 4.34. The summed E-state index contributed by atoms with van der Waals surface area (Å²) in [5.74, 6) is -0.410. The number of hydrogen-bond acceptors (Lipinski definition) is 3. The lowest BCUT2D eigenvalue weighted by Crippen LogP contribution is -2.25. The quantitative estimate of drug-likeness (QED) is 0.562. The van der Waals surface area contributed by atoms with Crippen LogP contribution in [0.5, 0.6) is 11.5 Å². The molecular weight excluding hydrogens is 369 g/mol. The zero-order chi connectivity index (χ0) is 14.5. The lowest BCUT2D eigenvalue weighted by molar-refractivity contribution is 0.0954. The van der Waals surface area contributed by atoms with Crippen molar-refractivity contribution in [2.45, 2.75) is 6.42 Å². The van der Waals surface area contributed by atoms with Gasteiger partial charge in [0.25, 0.3) is 5.91 Å². The SMILES string of the molecule is O=C(NCCc1ccc(O)c(O)c1)c1ccc(I)cc1. The van der Waals surface area contributed by atoms with Gasteiger partial charge in [-0.25, -0.2) is 0 Å². The van der Waals surface area contributed by atoms with Crippen molar-refractivity contribution >= 4 is 28.5 Å². The molecule has 0 saturated carbocycles. The summed E-state index contributed by atoms with van der Waals surface area (Å²) in [7, 11) is 0. The smallest absolute Gasteiger partial charge is 0.251 e. The number of aromatic hydroxyl groups is 2.